The lowest BCUT2D eigenvalue weighted by Gasteiger charge is -2.21. The highest BCUT2D eigenvalue weighted by Crippen LogP contribution is 2.29. The fourth-order valence-electron chi connectivity index (χ4n) is 2.71. The number of carbonyl (C=O) groups excluding carboxylic acids is 1. The van der Waals surface area contributed by atoms with Crippen molar-refractivity contribution in [2.75, 3.05) is 18.0 Å². The van der Waals surface area contributed by atoms with Gasteiger partial charge in [0.25, 0.3) is 0 Å². The van der Waals surface area contributed by atoms with Gasteiger partial charge in [0.05, 0.1) is 5.56 Å². The molecular weight excluding hydrogens is 333 g/mol. The lowest BCUT2D eigenvalue weighted by atomic mass is 10.0. The Morgan fingerprint density at radius 2 is 1.76 bits per heavy atom. The largest absolute Gasteiger partial charge is 0.371 e. The third-order valence-electron chi connectivity index (χ3n) is 3.77. The van der Waals surface area contributed by atoms with Crippen molar-refractivity contribution in [2.24, 2.45) is 0 Å². The van der Waals surface area contributed by atoms with Crippen LogP contribution in [-0.2, 0) is 0 Å². The molecule has 1 heterocycles. The minimum absolute atomic E-state index is 0.121. The molecule has 4 heteroatoms. The van der Waals surface area contributed by atoms with Crippen LogP contribution in [0.3, 0.4) is 0 Å². The molecule has 1 aliphatic heterocycles. The van der Waals surface area contributed by atoms with Crippen LogP contribution in [0.4, 0.5) is 10.1 Å². The van der Waals surface area contributed by atoms with E-state index in [0.717, 1.165) is 36.1 Å². The molecule has 0 radical (unpaired) electrons. The van der Waals surface area contributed by atoms with Crippen LogP contribution in [0, 0.1) is 5.82 Å². The first-order valence-corrected chi connectivity index (χ1v) is 7.80. The Morgan fingerprint density at radius 3 is 2.48 bits per heavy atom. The van der Waals surface area contributed by atoms with Gasteiger partial charge in [-0.1, -0.05) is 28.1 Å². The Bertz CT molecular complexity index is 680. The van der Waals surface area contributed by atoms with Crippen LogP contribution < -0.4 is 4.90 Å². The third-order valence-corrected chi connectivity index (χ3v) is 4.26. The monoisotopic (exact) mass is 347 g/mol. The van der Waals surface area contributed by atoms with E-state index in [-0.39, 0.29) is 11.3 Å². The number of carbonyl (C=O) groups is 1. The van der Waals surface area contributed by atoms with Crippen LogP contribution >= 0.6 is 15.9 Å². The van der Waals surface area contributed by atoms with Crippen LogP contribution in [0.5, 0.6) is 0 Å². The minimum atomic E-state index is -0.477. The second-order valence-corrected chi connectivity index (χ2v) is 6.08. The molecule has 3 rings (SSSR count). The summed E-state index contributed by atoms with van der Waals surface area (Å²) in [6.07, 6.45) is 2.26. The summed E-state index contributed by atoms with van der Waals surface area (Å²) in [6.45, 7) is 1.89. The van der Waals surface area contributed by atoms with Gasteiger partial charge in [-0.05, 0) is 43.2 Å². The first-order chi connectivity index (χ1) is 10.2. The summed E-state index contributed by atoms with van der Waals surface area (Å²) in [5, 5.41) is 0. The molecule has 2 aromatic rings. The van der Waals surface area contributed by atoms with Gasteiger partial charge in [-0.15, -0.1) is 0 Å². The summed E-state index contributed by atoms with van der Waals surface area (Å²) in [4.78, 5) is 14.9. The average molecular weight is 348 g/mol. The zero-order chi connectivity index (χ0) is 14.8. The predicted octanol–water partition coefficient (Wildman–Crippen LogP) is 4.42. The quantitative estimate of drug-likeness (QED) is 0.766. The first-order valence-electron chi connectivity index (χ1n) is 7.00. The lowest BCUT2D eigenvalue weighted by molar-refractivity contribution is 0.103. The summed E-state index contributed by atoms with van der Waals surface area (Å²) >= 11 is 3.40. The predicted molar refractivity (Wildman–Crippen MR) is 85.4 cm³/mol. The molecular formula is C17H15BrFNO. The summed E-state index contributed by atoms with van der Waals surface area (Å²) in [7, 11) is 0. The van der Waals surface area contributed by atoms with Gasteiger partial charge in [0.15, 0.2) is 5.78 Å². The van der Waals surface area contributed by atoms with Gasteiger partial charge in [0.1, 0.15) is 5.82 Å². The van der Waals surface area contributed by atoms with Crippen LogP contribution in [0.1, 0.15) is 28.8 Å². The van der Waals surface area contributed by atoms with E-state index in [2.05, 4.69) is 20.8 Å². The molecule has 108 valence electrons. The topological polar surface area (TPSA) is 20.3 Å². The van der Waals surface area contributed by atoms with E-state index in [0.29, 0.717) is 5.56 Å². The van der Waals surface area contributed by atoms with Crippen molar-refractivity contribution in [2.45, 2.75) is 12.8 Å². The molecule has 0 saturated carbocycles. The van der Waals surface area contributed by atoms with Gasteiger partial charge in [-0.2, -0.15) is 0 Å². The van der Waals surface area contributed by atoms with E-state index in [4.69, 9.17) is 0 Å². The summed E-state index contributed by atoms with van der Waals surface area (Å²) in [5.41, 5.74) is 1.57. The number of ketones is 1. The van der Waals surface area contributed by atoms with Crippen LogP contribution in [0.2, 0.25) is 0 Å². The van der Waals surface area contributed by atoms with Gasteiger partial charge in [-0.25, -0.2) is 4.39 Å². The number of hydrogen-bond donors (Lipinski definition) is 0. The van der Waals surface area contributed by atoms with E-state index in [1.165, 1.54) is 12.1 Å². The standard InChI is InChI=1S/C17H15BrFNO/c18-12-7-8-16(20-9-3-4-10-20)14(11-12)17(21)13-5-1-2-6-15(13)19/h1-2,5-8,11H,3-4,9-10H2. The van der Waals surface area contributed by atoms with E-state index in [1.807, 2.05) is 12.1 Å². The summed E-state index contributed by atoms with van der Waals surface area (Å²) in [6, 6.07) is 11.8. The van der Waals surface area contributed by atoms with Crippen LogP contribution in [0.15, 0.2) is 46.9 Å². The zero-order valence-electron chi connectivity index (χ0n) is 11.5. The molecule has 0 N–H and O–H groups in total. The van der Waals surface area contributed by atoms with Crippen LogP contribution in [0.25, 0.3) is 0 Å². The molecule has 0 unspecified atom stereocenters. The van der Waals surface area contributed by atoms with E-state index < -0.39 is 5.82 Å². The maximum Gasteiger partial charge on any atom is 0.198 e. The molecule has 0 bridgehead atoms. The Kier molecular flexibility index (Phi) is 4.06. The van der Waals surface area contributed by atoms with E-state index >= 15 is 0 Å². The molecule has 0 amide bonds. The van der Waals surface area contributed by atoms with Crippen molar-refractivity contribution in [3.8, 4) is 0 Å². The van der Waals surface area contributed by atoms with Crippen LogP contribution in [-0.4, -0.2) is 18.9 Å². The van der Waals surface area contributed by atoms with Gasteiger partial charge in [0.2, 0.25) is 0 Å². The Hall–Kier alpha value is -1.68. The first kappa shape index (κ1) is 14.3. The molecule has 0 aliphatic carbocycles. The van der Waals surface area contributed by atoms with Crippen molar-refractivity contribution in [3.05, 3.63) is 63.9 Å². The van der Waals surface area contributed by atoms with Crippen molar-refractivity contribution in [1.29, 1.82) is 0 Å². The zero-order valence-corrected chi connectivity index (χ0v) is 13.1. The average Bonchev–Trinajstić information content (AvgIpc) is 3.01. The molecule has 1 saturated heterocycles. The Balaban J connectivity index is 2.06. The summed E-state index contributed by atoms with van der Waals surface area (Å²) in [5.74, 6) is -0.744. The van der Waals surface area contributed by atoms with Crippen molar-refractivity contribution >= 4 is 27.4 Å². The number of rotatable bonds is 3. The highest BCUT2D eigenvalue weighted by Gasteiger charge is 2.22. The number of anilines is 1. The highest BCUT2D eigenvalue weighted by atomic mass is 79.9. The number of hydrogen-bond acceptors (Lipinski definition) is 2. The van der Waals surface area contributed by atoms with Crippen molar-refractivity contribution in [1.82, 2.24) is 0 Å². The van der Waals surface area contributed by atoms with Gasteiger partial charge in [-0.3, -0.25) is 4.79 Å². The second kappa shape index (κ2) is 5.98. The number of halogens is 2. The Morgan fingerprint density at radius 1 is 1.05 bits per heavy atom. The number of nitrogens with zero attached hydrogens (tertiary/aromatic N) is 1. The molecule has 1 fully saturated rings. The fraction of sp³-hybridized carbons (Fsp3) is 0.235. The van der Waals surface area contributed by atoms with Gasteiger partial charge >= 0.3 is 0 Å². The molecule has 21 heavy (non-hydrogen) atoms. The molecule has 0 spiro atoms. The van der Waals surface area contributed by atoms with Gasteiger partial charge in [0, 0.05) is 28.8 Å². The maximum atomic E-state index is 13.9. The minimum Gasteiger partial charge on any atom is -0.371 e. The SMILES string of the molecule is O=C(c1ccccc1F)c1cc(Br)ccc1N1CCCC1. The highest BCUT2D eigenvalue weighted by molar-refractivity contribution is 9.10. The third kappa shape index (κ3) is 2.86. The molecule has 0 aromatic heterocycles. The molecule has 1 aliphatic rings. The van der Waals surface area contributed by atoms with Gasteiger partial charge < -0.3 is 4.90 Å². The normalized spacial score (nSPS) is 14.5. The molecule has 2 aromatic carbocycles. The Labute approximate surface area is 131 Å². The maximum absolute atomic E-state index is 13.9. The smallest absolute Gasteiger partial charge is 0.198 e. The fourth-order valence-corrected chi connectivity index (χ4v) is 3.08. The van der Waals surface area contributed by atoms with E-state index in [1.54, 1.807) is 18.2 Å². The second-order valence-electron chi connectivity index (χ2n) is 5.16. The lowest BCUT2D eigenvalue weighted by Crippen LogP contribution is -2.21. The number of benzene rings is 2. The van der Waals surface area contributed by atoms with Crippen molar-refractivity contribution < 1.29 is 9.18 Å². The molecule has 2 nitrogen and oxygen atoms in total. The summed E-state index contributed by atoms with van der Waals surface area (Å²) < 4.78 is 14.7. The molecule has 0 atom stereocenters. The van der Waals surface area contributed by atoms with Crippen molar-refractivity contribution in [3.63, 3.8) is 0 Å². The van der Waals surface area contributed by atoms with E-state index in [9.17, 15) is 9.18 Å².